The standard InChI is InChI=1S/C21H23ClN4OS2/c1-15(2)13-26-19(12-23-20(27)10-9-17-7-5-11-28-17)24-25-21(26)29-14-16-6-3-4-8-18(16)22/h3-11,15H,12-14H2,1-2H3,(H,23,27)/b10-9+. The number of rotatable bonds is 9. The molecule has 2 aromatic heterocycles. The molecule has 0 saturated carbocycles. The Labute approximate surface area is 184 Å². The van der Waals surface area contributed by atoms with E-state index in [1.54, 1.807) is 29.2 Å². The van der Waals surface area contributed by atoms with Crippen LogP contribution in [0.15, 0.2) is 53.0 Å². The molecule has 5 nitrogen and oxygen atoms in total. The van der Waals surface area contributed by atoms with Crippen LogP contribution >= 0.6 is 34.7 Å². The van der Waals surface area contributed by atoms with Crippen molar-refractivity contribution in [3.63, 3.8) is 0 Å². The van der Waals surface area contributed by atoms with E-state index in [1.807, 2.05) is 47.9 Å². The van der Waals surface area contributed by atoms with E-state index < -0.39 is 0 Å². The zero-order valence-corrected chi connectivity index (χ0v) is 18.7. The van der Waals surface area contributed by atoms with Gasteiger partial charge >= 0.3 is 0 Å². The van der Waals surface area contributed by atoms with Crippen LogP contribution in [-0.2, 0) is 23.6 Å². The first kappa shape index (κ1) is 21.6. The first-order chi connectivity index (χ1) is 14.0. The average molecular weight is 447 g/mol. The van der Waals surface area contributed by atoms with E-state index in [1.165, 1.54) is 0 Å². The molecule has 8 heteroatoms. The smallest absolute Gasteiger partial charge is 0.244 e. The van der Waals surface area contributed by atoms with Gasteiger partial charge in [0.1, 0.15) is 0 Å². The fourth-order valence-corrected chi connectivity index (χ4v) is 4.50. The number of thiophene rings is 1. The highest BCUT2D eigenvalue weighted by Crippen LogP contribution is 2.26. The molecule has 29 heavy (non-hydrogen) atoms. The Morgan fingerprint density at radius 2 is 2.10 bits per heavy atom. The number of nitrogens with zero attached hydrogens (tertiary/aromatic N) is 3. The van der Waals surface area contributed by atoms with Crippen molar-refractivity contribution in [1.29, 1.82) is 0 Å². The van der Waals surface area contributed by atoms with Gasteiger partial charge in [-0.2, -0.15) is 0 Å². The normalized spacial score (nSPS) is 11.4. The van der Waals surface area contributed by atoms with Gasteiger partial charge in [0, 0.05) is 28.3 Å². The second-order valence-electron chi connectivity index (χ2n) is 6.85. The van der Waals surface area contributed by atoms with Crippen LogP contribution in [0.2, 0.25) is 5.02 Å². The number of carbonyl (C=O) groups excluding carboxylic acids is 1. The molecule has 1 aromatic carbocycles. The van der Waals surface area contributed by atoms with Gasteiger partial charge in [-0.05, 0) is 35.1 Å². The topological polar surface area (TPSA) is 59.8 Å². The SMILES string of the molecule is CC(C)Cn1c(CNC(=O)/C=C/c2cccs2)nnc1SCc1ccccc1Cl. The number of amides is 1. The summed E-state index contributed by atoms with van der Waals surface area (Å²) in [6.45, 7) is 5.41. The number of hydrogen-bond donors (Lipinski definition) is 1. The molecule has 3 aromatic rings. The molecule has 0 fully saturated rings. The third kappa shape index (κ3) is 6.45. The molecule has 0 aliphatic heterocycles. The summed E-state index contributed by atoms with van der Waals surface area (Å²) in [4.78, 5) is 13.2. The number of nitrogens with one attached hydrogen (secondary N) is 1. The summed E-state index contributed by atoms with van der Waals surface area (Å²) in [6, 6.07) is 11.7. The molecular weight excluding hydrogens is 424 g/mol. The predicted molar refractivity (Wildman–Crippen MR) is 121 cm³/mol. The minimum atomic E-state index is -0.150. The van der Waals surface area contributed by atoms with Crippen LogP contribution in [0.1, 0.15) is 30.1 Å². The summed E-state index contributed by atoms with van der Waals surface area (Å²) < 4.78 is 2.08. The number of benzene rings is 1. The minimum Gasteiger partial charge on any atom is -0.345 e. The van der Waals surface area contributed by atoms with Crippen molar-refractivity contribution >= 4 is 46.7 Å². The molecule has 0 spiro atoms. The molecule has 0 saturated heterocycles. The molecule has 0 atom stereocenters. The van der Waals surface area contributed by atoms with E-state index >= 15 is 0 Å². The minimum absolute atomic E-state index is 0.150. The van der Waals surface area contributed by atoms with Gasteiger partial charge < -0.3 is 9.88 Å². The van der Waals surface area contributed by atoms with Crippen molar-refractivity contribution in [2.75, 3.05) is 0 Å². The van der Waals surface area contributed by atoms with Gasteiger partial charge in [0.25, 0.3) is 0 Å². The highest BCUT2D eigenvalue weighted by atomic mass is 35.5. The Morgan fingerprint density at radius 3 is 2.83 bits per heavy atom. The fraction of sp³-hybridized carbons (Fsp3) is 0.286. The Kier molecular flexibility index (Phi) is 7.91. The molecule has 1 N–H and O–H groups in total. The fourth-order valence-electron chi connectivity index (χ4n) is 2.63. The van der Waals surface area contributed by atoms with Gasteiger partial charge in [-0.3, -0.25) is 4.79 Å². The van der Waals surface area contributed by atoms with Gasteiger partial charge in [-0.15, -0.1) is 21.5 Å². The Morgan fingerprint density at radius 1 is 1.28 bits per heavy atom. The molecule has 0 aliphatic rings. The monoisotopic (exact) mass is 446 g/mol. The van der Waals surface area contributed by atoms with Crippen LogP contribution < -0.4 is 5.32 Å². The molecule has 1 amide bonds. The molecule has 0 aliphatic carbocycles. The van der Waals surface area contributed by atoms with Gasteiger partial charge in [0.05, 0.1) is 6.54 Å². The van der Waals surface area contributed by atoms with Gasteiger partial charge in [0.15, 0.2) is 11.0 Å². The first-order valence-corrected chi connectivity index (χ1v) is 11.5. The van der Waals surface area contributed by atoms with Crippen LogP contribution in [0.25, 0.3) is 6.08 Å². The number of thioether (sulfide) groups is 1. The van der Waals surface area contributed by atoms with Crippen LogP contribution in [0.5, 0.6) is 0 Å². The maximum atomic E-state index is 12.1. The van der Waals surface area contributed by atoms with Gasteiger partial charge in [0.2, 0.25) is 5.91 Å². The largest absolute Gasteiger partial charge is 0.345 e. The molecule has 0 radical (unpaired) electrons. The van der Waals surface area contributed by atoms with Crippen molar-refractivity contribution in [3.8, 4) is 0 Å². The van der Waals surface area contributed by atoms with Crippen LogP contribution in [0.4, 0.5) is 0 Å². The predicted octanol–water partition coefficient (Wildman–Crippen LogP) is 5.27. The number of carbonyl (C=O) groups is 1. The lowest BCUT2D eigenvalue weighted by molar-refractivity contribution is -0.116. The average Bonchev–Trinajstić information content (AvgIpc) is 3.34. The molecule has 3 rings (SSSR count). The summed E-state index contributed by atoms with van der Waals surface area (Å²) >= 11 is 9.45. The maximum absolute atomic E-state index is 12.1. The van der Waals surface area contributed by atoms with Crippen molar-refractivity contribution in [1.82, 2.24) is 20.1 Å². The third-order valence-electron chi connectivity index (χ3n) is 4.02. The van der Waals surface area contributed by atoms with Crippen molar-refractivity contribution in [2.45, 2.75) is 37.8 Å². The zero-order chi connectivity index (χ0) is 20.6. The zero-order valence-electron chi connectivity index (χ0n) is 16.3. The van der Waals surface area contributed by atoms with Gasteiger partial charge in [-0.25, -0.2) is 0 Å². The number of hydrogen-bond acceptors (Lipinski definition) is 5. The van der Waals surface area contributed by atoms with Crippen LogP contribution in [0, 0.1) is 5.92 Å². The lowest BCUT2D eigenvalue weighted by atomic mass is 10.2. The van der Waals surface area contributed by atoms with E-state index in [0.717, 1.165) is 33.0 Å². The molecule has 0 bridgehead atoms. The Hall–Kier alpha value is -2.09. The summed E-state index contributed by atoms with van der Waals surface area (Å²) in [7, 11) is 0. The lowest BCUT2D eigenvalue weighted by Gasteiger charge is -2.13. The number of halogens is 1. The van der Waals surface area contributed by atoms with Crippen LogP contribution in [-0.4, -0.2) is 20.7 Å². The molecule has 152 valence electrons. The second kappa shape index (κ2) is 10.6. The molecule has 0 unspecified atom stereocenters. The Balaban J connectivity index is 1.65. The summed E-state index contributed by atoms with van der Waals surface area (Å²) in [5.74, 6) is 1.74. The van der Waals surface area contributed by atoms with E-state index in [9.17, 15) is 4.79 Å². The van der Waals surface area contributed by atoms with Gasteiger partial charge in [-0.1, -0.05) is 61.5 Å². The van der Waals surface area contributed by atoms with Crippen molar-refractivity contribution < 1.29 is 4.79 Å². The Bertz CT molecular complexity index is 967. The van der Waals surface area contributed by atoms with E-state index in [-0.39, 0.29) is 5.91 Å². The first-order valence-electron chi connectivity index (χ1n) is 9.30. The summed E-state index contributed by atoms with van der Waals surface area (Å²) in [5, 5.41) is 15.1. The third-order valence-corrected chi connectivity index (χ3v) is 6.24. The highest BCUT2D eigenvalue weighted by Gasteiger charge is 2.15. The highest BCUT2D eigenvalue weighted by molar-refractivity contribution is 7.98. The van der Waals surface area contributed by atoms with E-state index in [0.29, 0.717) is 18.2 Å². The van der Waals surface area contributed by atoms with Crippen molar-refractivity contribution in [3.05, 3.63) is 69.1 Å². The summed E-state index contributed by atoms with van der Waals surface area (Å²) in [6.07, 6.45) is 3.35. The molecule has 2 heterocycles. The number of aromatic nitrogens is 3. The summed E-state index contributed by atoms with van der Waals surface area (Å²) in [5.41, 5.74) is 1.06. The van der Waals surface area contributed by atoms with Crippen LogP contribution in [0.3, 0.4) is 0 Å². The van der Waals surface area contributed by atoms with Crippen molar-refractivity contribution in [2.24, 2.45) is 5.92 Å². The lowest BCUT2D eigenvalue weighted by Crippen LogP contribution is -2.23. The maximum Gasteiger partial charge on any atom is 0.244 e. The van der Waals surface area contributed by atoms with E-state index in [4.69, 9.17) is 11.6 Å². The van der Waals surface area contributed by atoms with E-state index in [2.05, 4.69) is 33.9 Å². The molecular formula is C21H23ClN4OS2. The second-order valence-corrected chi connectivity index (χ2v) is 9.18. The quantitative estimate of drug-likeness (QED) is 0.359.